The van der Waals surface area contributed by atoms with Crippen LogP contribution in [0.25, 0.3) is 22.4 Å². The summed E-state index contributed by atoms with van der Waals surface area (Å²) >= 11 is 0. The van der Waals surface area contributed by atoms with Gasteiger partial charge in [0.05, 0.1) is 30.7 Å². The lowest BCUT2D eigenvalue weighted by Crippen LogP contribution is -2.07. The van der Waals surface area contributed by atoms with Crippen molar-refractivity contribution in [3.8, 4) is 17.1 Å². The van der Waals surface area contributed by atoms with E-state index in [4.69, 9.17) is 9.47 Å². The third-order valence-electron chi connectivity index (χ3n) is 4.69. The molecule has 0 saturated heterocycles. The van der Waals surface area contributed by atoms with Crippen molar-refractivity contribution in [3.05, 3.63) is 71.7 Å². The Morgan fingerprint density at radius 2 is 1.85 bits per heavy atom. The maximum Gasteiger partial charge on any atom is 0.338 e. The summed E-state index contributed by atoms with van der Waals surface area (Å²) in [5.74, 6) is -0.0804. The van der Waals surface area contributed by atoms with Gasteiger partial charge in [-0.1, -0.05) is 24.3 Å². The fraction of sp³-hybridized carbons (Fsp3) is 0.208. The molecule has 0 bridgehead atoms. The first-order valence-corrected chi connectivity index (χ1v) is 10.5. The number of aromatic nitrogens is 4. The smallest absolute Gasteiger partial charge is 0.338 e. The van der Waals surface area contributed by atoms with E-state index in [-0.39, 0.29) is 5.82 Å². The Labute approximate surface area is 189 Å². The predicted octanol–water partition coefficient (Wildman–Crippen LogP) is 4.41. The van der Waals surface area contributed by atoms with Crippen LogP contribution < -0.4 is 10.1 Å². The molecule has 0 unspecified atom stereocenters. The van der Waals surface area contributed by atoms with Crippen LogP contribution in [0.4, 0.5) is 10.3 Å². The monoisotopic (exact) mass is 447 g/mol. The Kier molecular flexibility index (Phi) is 6.68. The number of carbonyl (C=O) groups is 1. The molecule has 1 N–H and O–H groups in total. The van der Waals surface area contributed by atoms with Crippen molar-refractivity contribution in [2.45, 2.75) is 20.4 Å². The van der Waals surface area contributed by atoms with E-state index >= 15 is 0 Å². The van der Waals surface area contributed by atoms with Crippen LogP contribution >= 0.6 is 0 Å². The van der Waals surface area contributed by atoms with Crippen LogP contribution in [-0.4, -0.2) is 39.1 Å². The van der Waals surface area contributed by atoms with E-state index in [1.54, 1.807) is 43.5 Å². The topological polar surface area (TPSA) is 99.1 Å². The van der Waals surface area contributed by atoms with Crippen LogP contribution in [0.2, 0.25) is 0 Å². The summed E-state index contributed by atoms with van der Waals surface area (Å²) < 4.78 is 23.9. The largest absolute Gasteiger partial charge is 0.476 e. The van der Waals surface area contributed by atoms with Gasteiger partial charge in [-0.2, -0.15) is 9.97 Å². The number of halogens is 1. The third kappa shape index (κ3) is 5.20. The van der Waals surface area contributed by atoms with E-state index in [1.807, 2.05) is 13.0 Å². The van der Waals surface area contributed by atoms with E-state index in [2.05, 4.69) is 25.3 Å². The van der Waals surface area contributed by atoms with Gasteiger partial charge in [-0.25, -0.2) is 19.2 Å². The van der Waals surface area contributed by atoms with Crippen LogP contribution in [0.5, 0.6) is 5.88 Å². The van der Waals surface area contributed by atoms with Crippen molar-refractivity contribution >= 4 is 23.1 Å². The third-order valence-corrected chi connectivity index (χ3v) is 4.69. The number of carbonyl (C=O) groups excluding carboxylic acids is 1. The molecule has 2 aromatic heterocycles. The quantitative estimate of drug-likeness (QED) is 0.397. The molecular weight excluding hydrogens is 425 g/mol. The number of hydrogen-bond acceptors (Lipinski definition) is 8. The van der Waals surface area contributed by atoms with E-state index in [0.29, 0.717) is 59.6 Å². The van der Waals surface area contributed by atoms with Gasteiger partial charge in [0.1, 0.15) is 5.82 Å². The summed E-state index contributed by atoms with van der Waals surface area (Å²) in [6.07, 6.45) is 1.58. The Balaban J connectivity index is 1.65. The Hall–Kier alpha value is -4.14. The van der Waals surface area contributed by atoms with Gasteiger partial charge < -0.3 is 14.8 Å². The van der Waals surface area contributed by atoms with Gasteiger partial charge in [0.25, 0.3) is 0 Å². The van der Waals surface area contributed by atoms with Gasteiger partial charge in [0.2, 0.25) is 11.8 Å². The van der Waals surface area contributed by atoms with Crippen LogP contribution in [0.3, 0.4) is 0 Å². The summed E-state index contributed by atoms with van der Waals surface area (Å²) in [5, 5.41) is 3.11. The molecule has 33 heavy (non-hydrogen) atoms. The Morgan fingerprint density at radius 3 is 2.61 bits per heavy atom. The van der Waals surface area contributed by atoms with Crippen molar-refractivity contribution in [2.75, 3.05) is 18.5 Å². The van der Waals surface area contributed by atoms with E-state index in [1.165, 1.54) is 12.1 Å². The molecule has 0 spiro atoms. The number of rotatable bonds is 8. The summed E-state index contributed by atoms with van der Waals surface area (Å²) in [6.45, 7) is 4.69. The molecule has 0 fully saturated rings. The van der Waals surface area contributed by atoms with Gasteiger partial charge >= 0.3 is 5.97 Å². The van der Waals surface area contributed by atoms with E-state index in [9.17, 15) is 9.18 Å². The van der Waals surface area contributed by atoms with Gasteiger partial charge in [-0.05, 0) is 43.7 Å². The maximum atomic E-state index is 13.1. The molecule has 8 nitrogen and oxygen atoms in total. The molecule has 9 heteroatoms. The molecule has 0 aliphatic rings. The van der Waals surface area contributed by atoms with Gasteiger partial charge in [-0.3, -0.25) is 0 Å². The highest BCUT2D eigenvalue weighted by atomic mass is 19.1. The molecule has 4 rings (SSSR count). The number of nitrogens with zero attached hydrogens (tertiary/aromatic N) is 4. The normalized spacial score (nSPS) is 10.8. The van der Waals surface area contributed by atoms with E-state index < -0.39 is 5.97 Å². The lowest BCUT2D eigenvalue weighted by Gasteiger charge is -2.11. The highest BCUT2D eigenvalue weighted by Crippen LogP contribution is 2.25. The van der Waals surface area contributed by atoms with Crippen LogP contribution in [0.15, 0.2) is 54.7 Å². The number of benzene rings is 2. The fourth-order valence-corrected chi connectivity index (χ4v) is 3.14. The lowest BCUT2D eigenvalue weighted by molar-refractivity contribution is 0.0526. The average molecular weight is 447 g/mol. The molecule has 2 heterocycles. The van der Waals surface area contributed by atoms with Crippen molar-refractivity contribution < 1.29 is 18.7 Å². The van der Waals surface area contributed by atoms with Gasteiger partial charge in [0.15, 0.2) is 11.2 Å². The Morgan fingerprint density at radius 1 is 1.03 bits per heavy atom. The zero-order valence-electron chi connectivity index (χ0n) is 18.2. The van der Waals surface area contributed by atoms with Gasteiger partial charge in [-0.15, -0.1) is 0 Å². The standard InChI is InChI=1S/C24H22FN5O3/c1-3-32-22-20-21(29-24(30-22)27-13-15-8-10-18(25)11-9-15)26-14-19(28-20)16-6-5-7-17(12-16)23(31)33-4-2/h5-12,14H,3-4,13H2,1-2H3,(H,26,27,29,30). The maximum absolute atomic E-state index is 13.1. The first-order chi connectivity index (χ1) is 16.1. The molecule has 168 valence electrons. The zero-order valence-corrected chi connectivity index (χ0v) is 18.2. The van der Waals surface area contributed by atoms with Crippen LogP contribution in [-0.2, 0) is 11.3 Å². The average Bonchev–Trinajstić information content (AvgIpc) is 2.84. The molecule has 0 atom stereocenters. The lowest BCUT2D eigenvalue weighted by atomic mass is 10.1. The molecule has 0 radical (unpaired) electrons. The number of fused-ring (bicyclic) bond motifs is 1. The highest BCUT2D eigenvalue weighted by molar-refractivity contribution is 5.91. The molecular formula is C24H22FN5O3. The molecule has 0 aliphatic carbocycles. The summed E-state index contributed by atoms with van der Waals surface area (Å²) in [6, 6.07) is 13.1. The SMILES string of the molecule is CCOC(=O)c1cccc(-c2cnc3nc(NCc4ccc(F)cc4)nc(OCC)c3n2)c1. The molecule has 0 amide bonds. The number of esters is 1. The number of nitrogens with one attached hydrogen (secondary N) is 1. The van der Waals surface area contributed by atoms with Crippen molar-refractivity contribution in [1.29, 1.82) is 0 Å². The van der Waals surface area contributed by atoms with Gasteiger partial charge in [0, 0.05) is 12.1 Å². The highest BCUT2D eigenvalue weighted by Gasteiger charge is 2.15. The summed E-state index contributed by atoms with van der Waals surface area (Å²) in [4.78, 5) is 30.0. The first-order valence-electron chi connectivity index (χ1n) is 10.5. The van der Waals surface area contributed by atoms with Crippen molar-refractivity contribution in [1.82, 2.24) is 19.9 Å². The minimum atomic E-state index is -0.400. The van der Waals surface area contributed by atoms with Crippen LogP contribution in [0.1, 0.15) is 29.8 Å². The van der Waals surface area contributed by atoms with Crippen molar-refractivity contribution in [2.24, 2.45) is 0 Å². The number of ether oxygens (including phenoxy) is 2. The first kappa shape index (κ1) is 22.1. The molecule has 2 aromatic carbocycles. The molecule has 0 saturated carbocycles. The van der Waals surface area contributed by atoms with Crippen molar-refractivity contribution in [3.63, 3.8) is 0 Å². The van der Waals surface area contributed by atoms with Crippen LogP contribution in [0, 0.1) is 5.82 Å². The predicted molar refractivity (Wildman–Crippen MR) is 121 cm³/mol. The Bertz CT molecular complexity index is 1280. The van der Waals surface area contributed by atoms with E-state index in [0.717, 1.165) is 5.56 Å². The second-order valence-corrected chi connectivity index (χ2v) is 6.99. The summed E-state index contributed by atoms with van der Waals surface area (Å²) in [5.41, 5.74) is 3.32. The molecule has 0 aliphatic heterocycles. The minimum Gasteiger partial charge on any atom is -0.476 e. The fourth-order valence-electron chi connectivity index (χ4n) is 3.14. The second-order valence-electron chi connectivity index (χ2n) is 6.99. The second kappa shape index (κ2) is 9.99. The zero-order chi connectivity index (χ0) is 23.2. The minimum absolute atomic E-state index is 0.292. The molecule has 4 aromatic rings. The number of anilines is 1. The summed E-state index contributed by atoms with van der Waals surface area (Å²) in [7, 11) is 0. The number of hydrogen-bond donors (Lipinski definition) is 1.